The van der Waals surface area contributed by atoms with Crippen LogP contribution in [0.15, 0.2) is 47.4 Å². The number of nitro benzene ring substituents is 1. The van der Waals surface area contributed by atoms with E-state index < -0.39 is 31.5 Å². The number of hydrogen-bond acceptors (Lipinski definition) is 8. The van der Waals surface area contributed by atoms with Crippen molar-refractivity contribution in [3.8, 4) is 11.4 Å². The zero-order chi connectivity index (χ0) is 21.2. The maximum atomic E-state index is 12.6. The number of hydrogen-bond donors (Lipinski definition) is 3. The van der Waals surface area contributed by atoms with Crippen molar-refractivity contribution in [1.82, 2.24) is 15.5 Å². The number of tetrazole rings is 1. The number of H-pyrrole nitrogens is 1. The molecule has 1 aromatic heterocycles. The minimum absolute atomic E-state index is 0. The van der Waals surface area contributed by atoms with Crippen molar-refractivity contribution in [2.75, 3.05) is 12.4 Å². The number of aromatic nitrogens is 4. The van der Waals surface area contributed by atoms with Crippen molar-refractivity contribution >= 4 is 57.0 Å². The summed E-state index contributed by atoms with van der Waals surface area (Å²) >= 11 is 0. The number of nitrogens with one attached hydrogen (secondary N) is 2. The Bertz CT molecular complexity index is 1200. The van der Waals surface area contributed by atoms with Crippen LogP contribution < -0.4 is 14.7 Å². The van der Waals surface area contributed by atoms with Gasteiger partial charge in [-0.15, -0.1) is 4.68 Å². The van der Waals surface area contributed by atoms with Gasteiger partial charge in [0.25, 0.3) is 5.69 Å². The van der Waals surface area contributed by atoms with Gasteiger partial charge in [-0.3, -0.25) is 19.5 Å². The Morgan fingerprint density at radius 3 is 2.53 bits per heavy atom. The molecule has 0 fully saturated rings. The normalized spacial score (nSPS) is 10.7. The number of anilines is 1. The molecule has 0 atom stereocenters. The van der Waals surface area contributed by atoms with Gasteiger partial charge in [0.2, 0.25) is 0 Å². The molecular weight excluding hydrogens is 431 g/mol. The van der Waals surface area contributed by atoms with Gasteiger partial charge in [-0.1, -0.05) is 23.4 Å². The molecule has 1 amide bonds. The molecule has 15 heteroatoms. The molecule has 0 spiro atoms. The van der Waals surface area contributed by atoms with Gasteiger partial charge in [0.05, 0.1) is 18.1 Å². The second kappa shape index (κ2) is 9.27. The first kappa shape index (κ1) is 23.4. The van der Waals surface area contributed by atoms with Crippen LogP contribution in [0.1, 0.15) is 10.6 Å². The number of rotatable bonds is 6. The summed E-state index contributed by atoms with van der Waals surface area (Å²) in [5, 5.41) is 23.3. The predicted molar refractivity (Wildman–Crippen MR) is 102 cm³/mol. The topological polar surface area (TPSA) is 181 Å². The molecule has 0 aliphatic rings. The Labute approximate surface area is 191 Å². The van der Waals surface area contributed by atoms with Gasteiger partial charge in [0.1, 0.15) is 5.10 Å². The maximum absolute atomic E-state index is 12.6. The third-order valence-corrected chi connectivity index (χ3v) is 4.59. The molecule has 152 valence electrons. The summed E-state index contributed by atoms with van der Waals surface area (Å²) in [4.78, 5) is 21.8. The molecule has 1 heterocycles. The van der Waals surface area contributed by atoms with Gasteiger partial charge >= 0.3 is 51.4 Å². The van der Waals surface area contributed by atoms with E-state index in [1.165, 1.54) is 7.11 Å². The van der Waals surface area contributed by atoms with Gasteiger partial charge in [-0.25, -0.2) is 0 Å². The van der Waals surface area contributed by atoms with Crippen LogP contribution in [0.4, 0.5) is 11.4 Å². The third kappa shape index (κ3) is 4.80. The minimum atomic E-state index is -4.96. The number of nitrogens with zero attached hydrogens (tertiary/aromatic N) is 4. The molecule has 2 aromatic carbocycles. The van der Waals surface area contributed by atoms with Gasteiger partial charge < -0.3 is 10.1 Å². The number of carbonyl (C=O) groups is 1. The number of benzene rings is 2. The zero-order valence-corrected chi connectivity index (χ0v) is 15.5. The molecule has 0 saturated carbocycles. The molecule has 3 aromatic rings. The Kier molecular flexibility index (Phi) is 7.22. The average molecular weight is 445 g/mol. The van der Waals surface area contributed by atoms with Crippen LogP contribution in [-0.4, -0.2) is 76.0 Å². The van der Waals surface area contributed by atoms with E-state index in [-0.39, 0.29) is 46.8 Å². The molecule has 0 aliphatic carbocycles. The standard InChI is InChI=1S/C15H12N6O7S.Na.H/c1-28-12-7-11(21(23)24)13(29(25,26)27)8-10(12)20-14(17-18-19-20)15(22)16-9-5-3-2-4-6-9;;/h2-8H,1H3,(H2,16,22,25,26,27);;/p+1. The Hall–Kier alpha value is -2.91. The molecule has 3 N–H and O–H groups in total. The SMILES string of the molecule is COc1cc([N+](=O)[O-])c(S(=O)(=O)O)cc1-[n+]1[nH]nnc1C(=O)Nc1ccccc1.[NaH]. The molecule has 30 heavy (non-hydrogen) atoms. The second-order valence-electron chi connectivity index (χ2n) is 5.50. The van der Waals surface area contributed by atoms with Crippen LogP contribution >= 0.6 is 0 Å². The van der Waals surface area contributed by atoms with Crippen molar-refractivity contribution in [2.24, 2.45) is 0 Å². The van der Waals surface area contributed by atoms with Crippen LogP contribution in [-0.2, 0) is 10.1 Å². The fourth-order valence-corrected chi connectivity index (χ4v) is 3.11. The summed E-state index contributed by atoms with van der Waals surface area (Å²) in [7, 11) is -3.78. The van der Waals surface area contributed by atoms with Crippen LogP contribution in [0.3, 0.4) is 0 Å². The second-order valence-corrected chi connectivity index (χ2v) is 6.89. The van der Waals surface area contributed by atoms with E-state index in [0.29, 0.717) is 5.69 Å². The Morgan fingerprint density at radius 1 is 1.30 bits per heavy atom. The summed E-state index contributed by atoms with van der Waals surface area (Å²) < 4.78 is 38.6. The number of aromatic amines is 1. The number of methoxy groups -OCH3 is 1. The molecule has 0 saturated heterocycles. The molecule has 0 aliphatic heterocycles. The number of ether oxygens (including phenoxy) is 1. The summed E-state index contributed by atoms with van der Waals surface area (Å²) in [6, 6.07) is 9.98. The van der Waals surface area contributed by atoms with E-state index in [4.69, 9.17) is 4.74 Å². The Balaban J connectivity index is 0.00000320. The molecule has 3 rings (SSSR count). The number of para-hydroxylation sites is 1. The molecule has 0 bridgehead atoms. The first-order valence-electron chi connectivity index (χ1n) is 7.76. The van der Waals surface area contributed by atoms with Crippen LogP contribution in [0.25, 0.3) is 5.69 Å². The van der Waals surface area contributed by atoms with Crippen molar-refractivity contribution in [1.29, 1.82) is 0 Å². The van der Waals surface area contributed by atoms with Gasteiger partial charge in [-0.05, 0) is 12.1 Å². The summed E-state index contributed by atoms with van der Waals surface area (Å²) in [6.45, 7) is 0. The fourth-order valence-electron chi connectivity index (χ4n) is 2.46. The molecule has 0 radical (unpaired) electrons. The van der Waals surface area contributed by atoms with Gasteiger partial charge in [0.15, 0.2) is 21.5 Å². The van der Waals surface area contributed by atoms with E-state index in [0.717, 1.165) is 16.8 Å². The number of carbonyl (C=O) groups excluding carboxylic acids is 1. The van der Waals surface area contributed by atoms with E-state index in [1.807, 2.05) is 0 Å². The third-order valence-electron chi connectivity index (χ3n) is 3.71. The number of amides is 1. The van der Waals surface area contributed by atoms with Crippen molar-refractivity contribution in [2.45, 2.75) is 4.90 Å². The van der Waals surface area contributed by atoms with Crippen molar-refractivity contribution in [3.05, 3.63) is 58.4 Å². The summed E-state index contributed by atoms with van der Waals surface area (Å²) in [5.74, 6) is -1.19. The van der Waals surface area contributed by atoms with E-state index in [2.05, 4.69) is 20.8 Å². The quantitative estimate of drug-likeness (QED) is 0.153. The molecule has 13 nitrogen and oxygen atoms in total. The van der Waals surface area contributed by atoms with E-state index in [1.54, 1.807) is 30.3 Å². The average Bonchev–Trinajstić information content (AvgIpc) is 3.16. The van der Waals surface area contributed by atoms with Crippen LogP contribution in [0.2, 0.25) is 0 Å². The Morgan fingerprint density at radius 2 is 1.97 bits per heavy atom. The molecule has 0 unspecified atom stereocenters. The van der Waals surface area contributed by atoms with Gasteiger partial charge in [0, 0.05) is 11.8 Å². The van der Waals surface area contributed by atoms with Crippen LogP contribution in [0.5, 0.6) is 5.75 Å². The van der Waals surface area contributed by atoms with Crippen molar-refractivity contribution < 1.29 is 32.1 Å². The molecular formula is C15H14N6NaO7S+. The van der Waals surface area contributed by atoms with Crippen molar-refractivity contribution in [3.63, 3.8) is 0 Å². The van der Waals surface area contributed by atoms with Gasteiger partial charge in [-0.2, -0.15) is 8.42 Å². The van der Waals surface area contributed by atoms with E-state index in [9.17, 15) is 27.9 Å². The monoisotopic (exact) mass is 445 g/mol. The first-order valence-corrected chi connectivity index (χ1v) is 9.20. The summed E-state index contributed by atoms with van der Waals surface area (Å²) in [6.07, 6.45) is 0. The summed E-state index contributed by atoms with van der Waals surface area (Å²) in [5.41, 5.74) is -0.605. The van der Waals surface area contributed by atoms with Crippen LogP contribution in [0, 0.1) is 10.1 Å². The number of nitro groups is 1. The fraction of sp³-hybridized carbons (Fsp3) is 0.0667. The predicted octanol–water partition coefficient (Wildman–Crippen LogP) is -0.151. The van der Waals surface area contributed by atoms with E-state index >= 15 is 0 Å². The first-order chi connectivity index (χ1) is 13.7. The zero-order valence-electron chi connectivity index (χ0n) is 14.6.